The van der Waals surface area contributed by atoms with Crippen molar-refractivity contribution in [1.82, 2.24) is 0 Å². The van der Waals surface area contributed by atoms with Crippen LogP contribution in [0.3, 0.4) is 0 Å². The summed E-state index contributed by atoms with van der Waals surface area (Å²) in [7, 11) is 4.15. The summed E-state index contributed by atoms with van der Waals surface area (Å²) in [5, 5.41) is 0. The molecule has 2 aliphatic carbocycles. The second kappa shape index (κ2) is 6.95. The van der Waals surface area contributed by atoms with E-state index in [0.29, 0.717) is 47.1 Å². The van der Waals surface area contributed by atoms with Crippen LogP contribution in [0.5, 0.6) is 0 Å². The fourth-order valence-electron chi connectivity index (χ4n) is 4.56. The van der Waals surface area contributed by atoms with Gasteiger partial charge in [0.15, 0.2) is 6.54 Å². The summed E-state index contributed by atoms with van der Waals surface area (Å²) in [5.41, 5.74) is 0.702. The average Bonchev–Trinajstić information content (AvgIpc) is 2.77. The average molecular weight is 341 g/mol. The molecule has 4 nitrogen and oxygen atoms in total. The number of carbonyl (C=O) groups excluding carboxylic acids is 1. The Hall–Kier alpha value is -0.610. The van der Waals surface area contributed by atoms with Gasteiger partial charge in [-0.3, -0.25) is 0 Å². The van der Waals surface area contributed by atoms with Crippen LogP contribution in [0.4, 0.5) is 0 Å². The Balaban J connectivity index is 1.76. The van der Waals surface area contributed by atoms with Gasteiger partial charge in [0.05, 0.1) is 33.4 Å². The summed E-state index contributed by atoms with van der Waals surface area (Å²) >= 11 is 0. The highest BCUT2D eigenvalue weighted by molar-refractivity contribution is 5.70. The summed E-state index contributed by atoms with van der Waals surface area (Å²) in [5.74, 6) is 1.08. The third-order valence-electron chi connectivity index (χ3n) is 6.86. The Morgan fingerprint density at radius 2 is 1.92 bits per heavy atom. The molecular formula is C20H38NO3+. The summed E-state index contributed by atoms with van der Waals surface area (Å²) in [6, 6.07) is 0. The minimum absolute atomic E-state index is 0.110. The standard InChI is InChI=1S/C20H38NO3/c1-15(2)14-24-18(22)13-21(6,7)10-11-23-17-12-16-8-9-20(17,5)19(16,3)4/h15-17H,8-14H2,1-7H3/q+1/t16-,17-,20+/m1/s1. The number of carbonyl (C=O) groups is 1. The van der Waals surface area contributed by atoms with Gasteiger partial charge in [-0.2, -0.15) is 0 Å². The highest BCUT2D eigenvalue weighted by Crippen LogP contribution is 2.66. The molecule has 0 saturated heterocycles. The van der Waals surface area contributed by atoms with Crippen molar-refractivity contribution in [3.8, 4) is 0 Å². The fraction of sp³-hybridized carbons (Fsp3) is 0.950. The summed E-state index contributed by atoms with van der Waals surface area (Å²) in [6.45, 7) is 13.8. The molecule has 0 aromatic heterocycles. The molecule has 0 N–H and O–H groups in total. The molecule has 24 heavy (non-hydrogen) atoms. The van der Waals surface area contributed by atoms with Crippen LogP contribution in [0, 0.1) is 22.7 Å². The lowest BCUT2D eigenvalue weighted by molar-refractivity contribution is -0.883. The molecule has 2 rings (SSSR count). The Bertz CT molecular complexity index is 458. The number of fused-ring (bicyclic) bond motifs is 2. The molecule has 0 heterocycles. The van der Waals surface area contributed by atoms with E-state index < -0.39 is 0 Å². The van der Waals surface area contributed by atoms with Gasteiger partial charge in [-0.05, 0) is 41.9 Å². The molecule has 0 unspecified atom stereocenters. The topological polar surface area (TPSA) is 35.5 Å². The number of likely N-dealkylation sites (N-methyl/N-ethyl adjacent to an activating group) is 1. The zero-order valence-electron chi connectivity index (χ0n) is 16.9. The molecule has 3 atom stereocenters. The van der Waals surface area contributed by atoms with E-state index in [9.17, 15) is 4.79 Å². The van der Waals surface area contributed by atoms with E-state index in [1.807, 2.05) is 0 Å². The quantitative estimate of drug-likeness (QED) is 0.501. The summed E-state index contributed by atoms with van der Waals surface area (Å²) in [6.07, 6.45) is 4.22. The van der Waals surface area contributed by atoms with Crippen LogP contribution in [-0.2, 0) is 14.3 Å². The normalized spacial score (nSPS) is 31.7. The van der Waals surface area contributed by atoms with Gasteiger partial charge >= 0.3 is 5.97 Å². The highest BCUT2D eigenvalue weighted by Gasteiger charge is 2.61. The molecule has 4 heteroatoms. The van der Waals surface area contributed by atoms with E-state index in [1.54, 1.807) is 0 Å². The van der Waals surface area contributed by atoms with Crippen LogP contribution >= 0.6 is 0 Å². The maximum Gasteiger partial charge on any atom is 0.361 e. The van der Waals surface area contributed by atoms with Crippen molar-refractivity contribution in [3.05, 3.63) is 0 Å². The number of esters is 1. The van der Waals surface area contributed by atoms with Gasteiger partial charge in [-0.15, -0.1) is 0 Å². The first kappa shape index (κ1) is 19.7. The van der Waals surface area contributed by atoms with Crippen LogP contribution in [-0.4, -0.2) is 57.0 Å². The van der Waals surface area contributed by atoms with Gasteiger partial charge in [0.25, 0.3) is 0 Å². The SMILES string of the molecule is CC(C)COC(=O)C[N+](C)(C)CCO[C@@H]1C[C@H]2CC[C@]1(C)C2(C)C. The molecule has 140 valence electrons. The molecule has 2 aliphatic rings. The second-order valence-corrected chi connectivity index (χ2v) is 9.86. The molecule has 2 bridgehead atoms. The lowest BCUT2D eigenvalue weighted by atomic mass is 9.70. The predicted octanol–water partition coefficient (Wildman–Crippen LogP) is 3.49. The summed E-state index contributed by atoms with van der Waals surface area (Å²) in [4.78, 5) is 11.9. The monoisotopic (exact) mass is 340 g/mol. The minimum atomic E-state index is -0.110. The molecule has 2 saturated carbocycles. The number of hydrogen-bond donors (Lipinski definition) is 0. The van der Waals surface area contributed by atoms with Gasteiger partial charge < -0.3 is 14.0 Å². The number of rotatable bonds is 8. The third-order valence-corrected chi connectivity index (χ3v) is 6.86. The van der Waals surface area contributed by atoms with Gasteiger partial charge in [0.2, 0.25) is 0 Å². The molecule has 0 spiro atoms. The van der Waals surface area contributed by atoms with E-state index in [-0.39, 0.29) is 5.97 Å². The van der Waals surface area contributed by atoms with E-state index >= 15 is 0 Å². The number of ether oxygens (including phenoxy) is 2. The third kappa shape index (κ3) is 3.96. The van der Waals surface area contributed by atoms with Crippen LogP contribution in [0.2, 0.25) is 0 Å². The smallest absolute Gasteiger partial charge is 0.361 e. The first-order chi connectivity index (χ1) is 11.0. The lowest BCUT2D eigenvalue weighted by Gasteiger charge is -2.39. The van der Waals surface area contributed by atoms with E-state index in [1.165, 1.54) is 19.3 Å². The van der Waals surface area contributed by atoms with Crippen molar-refractivity contribution < 1.29 is 18.8 Å². The van der Waals surface area contributed by atoms with Gasteiger partial charge in [-0.25, -0.2) is 4.79 Å². The molecular weight excluding hydrogens is 302 g/mol. The second-order valence-electron chi connectivity index (χ2n) is 9.86. The molecule has 2 fully saturated rings. The van der Waals surface area contributed by atoms with Crippen molar-refractivity contribution in [3.63, 3.8) is 0 Å². The molecule has 0 amide bonds. The molecule has 0 aromatic carbocycles. The number of quaternary nitrogens is 1. The summed E-state index contributed by atoms with van der Waals surface area (Å²) < 4.78 is 12.2. The number of hydrogen-bond acceptors (Lipinski definition) is 3. The first-order valence-corrected chi connectivity index (χ1v) is 9.57. The maximum absolute atomic E-state index is 11.9. The Kier molecular flexibility index (Phi) is 5.71. The van der Waals surface area contributed by atoms with Crippen LogP contribution in [0.25, 0.3) is 0 Å². The first-order valence-electron chi connectivity index (χ1n) is 9.57. The van der Waals surface area contributed by atoms with Crippen LogP contribution in [0.1, 0.15) is 53.9 Å². The molecule has 0 aliphatic heterocycles. The Morgan fingerprint density at radius 1 is 1.25 bits per heavy atom. The maximum atomic E-state index is 11.9. The fourth-order valence-corrected chi connectivity index (χ4v) is 4.56. The van der Waals surface area contributed by atoms with E-state index in [2.05, 4.69) is 48.7 Å². The van der Waals surface area contributed by atoms with E-state index in [0.717, 1.165) is 12.5 Å². The van der Waals surface area contributed by atoms with Gasteiger partial charge in [-0.1, -0.05) is 34.6 Å². The largest absolute Gasteiger partial charge is 0.461 e. The lowest BCUT2D eigenvalue weighted by Crippen LogP contribution is -2.47. The van der Waals surface area contributed by atoms with Crippen molar-refractivity contribution in [2.45, 2.75) is 60.0 Å². The Morgan fingerprint density at radius 3 is 2.42 bits per heavy atom. The molecule has 0 radical (unpaired) electrons. The van der Waals surface area contributed by atoms with Crippen molar-refractivity contribution >= 4 is 5.97 Å². The van der Waals surface area contributed by atoms with E-state index in [4.69, 9.17) is 9.47 Å². The van der Waals surface area contributed by atoms with Crippen LogP contribution < -0.4 is 0 Å². The number of nitrogens with zero attached hydrogens (tertiary/aromatic N) is 1. The zero-order valence-corrected chi connectivity index (χ0v) is 16.9. The van der Waals surface area contributed by atoms with Gasteiger partial charge in [0.1, 0.15) is 6.54 Å². The van der Waals surface area contributed by atoms with Crippen LogP contribution in [0.15, 0.2) is 0 Å². The minimum Gasteiger partial charge on any atom is -0.461 e. The highest BCUT2D eigenvalue weighted by atomic mass is 16.5. The predicted molar refractivity (Wildman–Crippen MR) is 96.6 cm³/mol. The van der Waals surface area contributed by atoms with Gasteiger partial charge in [0, 0.05) is 0 Å². The van der Waals surface area contributed by atoms with Crippen molar-refractivity contribution in [1.29, 1.82) is 0 Å². The van der Waals surface area contributed by atoms with Crippen molar-refractivity contribution in [2.24, 2.45) is 22.7 Å². The zero-order chi connectivity index (χ0) is 18.2. The molecule has 0 aromatic rings. The van der Waals surface area contributed by atoms with Crippen molar-refractivity contribution in [2.75, 3.05) is 40.4 Å². The Labute approximate surface area is 148 Å².